The highest BCUT2D eigenvalue weighted by molar-refractivity contribution is 5.79. The number of aliphatic imine (C=N–C) groups is 1. The fraction of sp³-hybridized carbons (Fsp3) is 0.304. The number of imidazole rings is 1. The van der Waals surface area contributed by atoms with Gasteiger partial charge in [0.25, 0.3) is 0 Å². The van der Waals surface area contributed by atoms with Gasteiger partial charge in [-0.2, -0.15) is 0 Å². The molecule has 7 heteroatoms. The summed E-state index contributed by atoms with van der Waals surface area (Å²) >= 11 is 0. The van der Waals surface area contributed by atoms with Gasteiger partial charge in [0, 0.05) is 32.5 Å². The summed E-state index contributed by atoms with van der Waals surface area (Å²) in [6, 6.07) is 11.3. The SMILES string of the molecule is CN=C(NCCc1cc(C)ccc1OC)NCc1ccc(-n2ccnc2C)c(F)c1. The van der Waals surface area contributed by atoms with E-state index in [4.69, 9.17) is 4.74 Å². The minimum Gasteiger partial charge on any atom is -0.496 e. The van der Waals surface area contributed by atoms with Gasteiger partial charge in [-0.1, -0.05) is 23.8 Å². The van der Waals surface area contributed by atoms with Crippen LogP contribution in [-0.4, -0.2) is 36.2 Å². The normalized spacial score (nSPS) is 11.4. The van der Waals surface area contributed by atoms with Crippen molar-refractivity contribution in [2.45, 2.75) is 26.8 Å². The number of nitrogens with one attached hydrogen (secondary N) is 2. The van der Waals surface area contributed by atoms with Crippen LogP contribution in [0.5, 0.6) is 5.75 Å². The van der Waals surface area contributed by atoms with Crippen LogP contribution in [0.2, 0.25) is 0 Å². The number of benzene rings is 2. The molecule has 0 atom stereocenters. The van der Waals surface area contributed by atoms with Gasteiger partial charge in [-0.25, -0.2) is 9.37 Å². The highest BCUT2D eigenvalue weighted by Gasteiger charge is 2.09. The maximum atomic E-state index is 14.6. The Morgan fingerprint density at radius 3 is 2.67 bits per heavy atom. The lowest BCUT2D eigenvalue weighted by atomic mass is 10.1. The standard InChI is InChI=1S/C23H28FN5O/c1-16-5-8-22(30-4)19(13-16)9-10-27-23(25-3)28-15-18-6-7-21(20(24)14-18)29-12-11-26-17(29)2/h5-8,11-14H,9-10,15H2,1-4H3,(H2,25,27,28). The van der Waals surface area contributed by atoms with Crippen molar-refractivity contribution in [3.63, 3.8) is 0 Å². The minimum atomic E-state index is -0.287. The average Bonchev–Trinajstić information content (AvgIpc) is 3.16. The number of halogens is 1. The molecule has 0 aliphatic rings. The number of ether oxygens (including phenoxy) is 1. The second-order valence-electron chi connectivity index (χ2n) is 7.05. The molecule has 0 aliphatic heterocycles. The summed E-state index contributed by atoms with van der Waals surface area (Å²) in [4.78, 5) is 8.39. The van der Waals surface area contributed by atoms with Gasteiger partial charge in [-0.3, -0.25) is 4.99 Å². The van der Waals surface area contributed by atoms with Crippen LogP contribution >= 0.6 is 0 Å². The van der Waals surface area contributed by atoms with E-state index in [9.17, 15) is 4.39 Å². The number of hydrogen-bond acceptors (Lipinski definition) is 3. The van der Waals surface area contributed by atoms with Crippen LogP contribution in [0.15, 0.2) is 53.8 Å². The molecule has 0 saturated heterocycles. The number of rotatable bonds is 7. The Labute approximate surface area is 176 Å². The lowest BCUT2D eigenvalue weighted by Crippen LogP contribution is -2.37. The molecule has 1 aromatic heterocycles. The zero-order chi connectivity index (χ0) is 21.5. The second-order valence-corrected chi connectivity index (χ2v) is 7.05. The Hall–Kier alpha value is -3.35. The van der Waals surface area contributed by atoms with Gasteiger partial charge in [0.15, 0.2) is 5.96 Å². The molecular formula is C23H28FN5O. The molecule has 0 bridgehead atoms. The summed E-state index contributed by atoms with van der Waals surface area (Å²) in [6.45, 7) is 5.08. The smallest absolute Gasteiger partial charge is 0.191 e. The van der Waals surface area contributed by atoms with Crippen LogP contribution in [0.1, 0.15) is 22.5 Å². The molecular weight excluding hydrogens is 381 g/mol. The van der Waals surface area contributed by atoms with Crippen molar-refractivity contribution in [3.8, 4) is 11.4 Å². The summed E-state index contributed by atoms with van der Waals surface area (Å²) in [7, 11) is 3.40. The molecule has 0 fully saturated rings. The number of hydrogen-bond donors (Lipinski definition) is 2. The van der Waals surface area contributed by atoms with Gasteiger partial charge in [0.2, 0.25) is 0 Å². The highest BCUT2D eigenvalue weighted by Crippen LogP contribution is 2.20. The average molecular weight is 410 g/mol. The zero-order valence-corrected chi connectivity index (χ0v) is 17.9. The first kappa shape index (κ1) is 21.4. The lowest BCUT2D eigenvalue weighted by molar-refractivity contribution is 0.409. The van der Waals surface area contributed by atoms with E-state index in [2.05, 4.69) is 33.6 Å². The maximum Gasteiger partial charge on any atom is 0.191 e. The Kier molecular flexibility index (Phi) is 7.06. The van der Waals surface area contributed by atoms with Gasteiger partial charge >= 0.3 is 0 Å². The summed E-state index contributed by atoms with van der Waals surface area (Å²) in [5.41, 5.74) is 3.67. The molecule has 0 amide bonds. The third-order valence-corrected chi connectivity index (χ3v) is 4.90. The first-order valence-electron chi connectivity index (χ1n) is 9.88. The highest BCUT2D eigenvalue weighted by atomic mass is 19.1. The van der Waals surface area contributed by atoms with Crippen LogP contribution in [0.25, 0.3) is 5.69 Å². The Morgan fingerprint density at radius 1 is 1.17 bits per heavy atom. The van der Waals surface area contributed by atoms with Crippen molar-refractivity contribution < 1.29 is 9.13 Å². The predicted octanol–water partition coefficient (Wildman–Crippen LogP) is 3.54. The third-order valence-electron chi connectivity index (χ3n) is 4.90. The van der Waals surface area contributed by atoms with E-state index in [0.29, 0.717) is 24.7 Å². The number of aromatic nitrogens is 2. The van der Waals surface area contributed by atoms with Crippen molar-refractivity contribution in [2.75, 3.05) is 20.7 Å². The van der Waals surface area contributed by atoms with Gasteiger partial charge in [-0.05, 0) is 49.6 Å². The molecule has 0 spiro atoms. The van der Waals surface area contributed by atoms with Crippen LogP contribution in [0.4, 0.5) is 4.39 Å². The topological polar surface area (TPSA) is 63.5 Å². The molecule has 0 saturated carbocycles. The van der Waals surface area contributed by atoms with Crippen molar-refractivity contribution in [1.82, 2.24) is 20.2 Å². The van der Waals surface area contributed by atoms with E-state index in [1.165, 1.54) is 11.6 Å². The van der Waals surface area contributed by atoms with Crippen LogP contribution < -0.4 is 15.4 Å². The fourth-order valence-corrected chi connectivity index (χ4v) is 3.31. The molecule has 6 nitrogen and oxygen atoms in total. The van der Waals surface area contributed by atoms with Crippen molar-refractivity contribution >= 4 is 5.96 Å². The Morgan fingerprint density at radius 2 is 2.00 bits per heavy atom. The first-order valence-corrected chi connectivity index (χ1v) is 9.88. The fourth-order valence-electron chi connectivity index (χ4n) is 3.31. The Balaban J connectivity index is 1.55. The third kappa shape index (κ3) is 5.17. The molecule has 2 aromatic carbocycles. The van der Waals surface area contributed by atoms with Crippen LogP contribution in [0, 0.1) is 19.7 Å². The van der Waals surface area contributed by atoms with E-state index < -0.39 is 0 Å². The predicted molar refractivity (Wildman–Crippen MR) is 118 cm³/mol. The lowest BCUT2D eigenvalue weighted by Gasteiger charge is -2.14. The second kappa shape index (κ2) is 9.91. The van der Waals surface area contributed by atoms with E-state index in [1.54, 1.807) is 37.2 Å². The summed E-state index contributed by atoms with van der Waals surface area (Å²) in [6.07, 6.45) is 4.21. The first-order chi connectivity index (χ1) is 14.5. The van der Waals surface area contributed by atoms with Crippen molar-refractivity contribution in [1.29, 1.82) is 0 Å². The molecule has 3 aromatic rings. The van der Waals surface area contributed by atoms with Crippen LogP contribution in [0.3, 0.4) is 0 Å². The quantitative estimate of drug-likeness (QED) is 0.463. The number of methoxy groups -OCH3 is 1. The van der Waals surface area contributed by atoms with Crippen molar-refractivity contribution in [2.24, 2.45) is 4.99 Å². The van der Waals surface area contributed by atoms with Crippen molar-refractivity contribution in [3.05, 3.63) is 77.1 Å². The van der Waals surface area contributed by atoms with Crippen LogP contribution in [-0.2, 0) is 13.0 Å². The summed E-state index contributed by atoms with van der Waals surface area (Å²) in [5.74, 6) is 2.00. The van der Waals surface area contributed by atoms with E-state index >= 15 is 0 Å². The van der Waals surface area contributed by atoms with Gasteiger partial charge in [0.05, 0.1) is 12.8 Å². The largest absolute Gasteiger partial charge is 0.496 e. The van der Waals surface area contributed by atoms with E-state index in [-0.39, 0.29) is 5.82 Å². The number of nitrogens with zero attached hydrogens (tertiary/aromatic N) is 3. The number of aryl methyl sites for hydroxylation is 2. The molecule has 0 aliphatic carbocycles. The van der Waals surface area contributed by atoms with E-state index in [1.807, 2.05) is 25.1 Å². The number of guanidine groups is 1. The van der Waals surface area contributed by atoms with E-state index in [0.717, 1.165) is 29.1 Å². The summed E-state index contributed by atoms with van der Waals surface area (Å²) in [5, 5.41) is 6.52. The monoisotopic (exact) mass is 409 g/mol. The molecule has 158 valence electrons. The van der Waals surface area contributed by atoms with Gasteiger partial charge < -0.3 is 19.9 Å². The molecule has 30 heavy (non-hydrogen) atoms. The summed E-state index contributed by atoms with van der Waals surface area (Å²) < 4.78 is 21.7. The molecule has 2 N–H and O–H groups in total. The van der Waals surface area contributed by atoms with Gasteiger partial charge in [0.1, 0.15) is 17.4 Å². The molecule has 1 heterocycles. The zero-order valence-electron chi connectivity index (χ0n) is 17.9. The minimum absolute atomic E-state index is 0.287. The molecule has 0 unspecified atom stereocenters. The van der Waals surface area contributed by atoms with Gasteiger partial charge in [-0.15, -0.1) is 0 Å². The molecule has 0 radical (unpaired) electrons. The Bertz CT molecular complexity index is 1030. The maximum absolute atomic E-state index is 14.6. The molecule has 3 rings (SSSR count).